The monoisotopic (exact) mass is 598 g/mol. The van der Waals surface area contributed by atoms with E-state index in [2.05, 4.69) is 21.4 Å². The molecular formula is C32H41F3N6O2. The molecule has 2 fully saturated rings. The van der Waals surface area contributed by atoms with Crippen LogP contribution in [0.3, 0.4) is 0 Å². The lowest BCUT2D eigenvalue weighted by Gasteiger charge is -2.34. The van der Waals surface area contributed by atoms with E-state index in [1.54, 1.807) is 23.1 Å². The van der Waals surface area contributed by atoms with Crippen LogP contribution in [0.15, 0.2) is 30.3 Å². The molecule has 1 aromatic carbocycles. The summed E-state index contributed by atoms with van der Waals surface area (Å²) in [5.41, 5.74) is 1.61. The van der Waals surface area contributed by atoms with Crippen LogP contribution in [0.25, 0.3) is 0 Å². The molecule has 3 heterocycles. The van der Waals surface area contributed by atoms with Crippen molar-refractivity contribution in [2.24, 2.45) is 5.92 Å². The van der Waals surface area contributed by atoms with Gasteiger partial charge in [0.25, 0.3) is 0 Å². The first kappa shape index (κ1) is 32.2. The van der Waals surface area contributed by atoms with Crippen LogP contribution in [0.4, 0.5) is 24.8 Å². The van der Waals surface area contributed by atoms with Crippen LogP contribution >= 0.6 is 0 Å². The predicted octanol–water partition coefficient (Wildman–Crippen LogP) is 5.84. The van der Waals surface area contributed by atoms with Crippen LogP contribution in [0.5, 0.6) is 0 Å². The lowest BCUT2D eigenvalue weighted by molar-refractivity contribution is -0.144. The lowest BCUT2D eigenvalue weighted by Crippen LogP contribution is -2.38. The Morgan fingerprint density at radius 3 is 2.42 bits per heavy atom. The van der Waals surface area contributed by atoms with Crippen LogP contribution in [0.1, 0.15) is 88.1 Å². The van der Waals surface area contributed by atoms with Gasteiger partial charge in [0.2, 0.25) is 11.7 Å². The van der Waals surface area contributed by atoms with E-state index >= 15 is 0 Å². The van der Waals surface area contributed by atoms with Crippen molar-refractivity contribution >= 4 is 23.3 Å². The number of piperidine rings is 1. The lowest BCUT2D eigenvalue weighted by atomic mass is 9.91. The summed E-state index contributed by atoms with van der Waals surface area (Å²) in [6, 6.07) is 10.4. The Kier molecular flexibility index (Phi) is 11.4. The van der Waals surface area contributed by atoms with E-state index in [0.717, 1.165) is 37.7 Å². The number of nitrogens with zero attached hydrogens (tertiary/aromatic N) is 5. The SMILES string of the molecule is CCCNC(=O)CCCC1CCN(c2cc(N3CCC[C@H]3C(=O)CCCc3ccc(C#N)cc3)nc(C(F)(F)F)n2)CC1. The molecule has 2 saturated heterocycles. The third-order valence-corrected chi connectivity index (χ3v) is 8.37. The molecule has 0 saturated carbocycles. The third-order valence-electron chi connectivity index (χ3n) is 8.37. The first-order chi connectivity index (χ1) is 20.7. The number of aryl methyl sites for hydroxylation is 1. The van der Waals surface area contributed by atoms with Crippen molar-refractivity contribution in [2.75, 3.05) is 36.0 Å². The van der Waals surface area contributed by atoms with Crippen molar-refractivity contribution in [1.82, 2.24) is 15.3 Å². The number of carbonyl (C=O) groups is 2. The van der Waals surface area contributed by atoms with Crippen molar-refractivity contribution < 1.29 is 22.8 Å². The second-order valence-electron chi connectivity index (χ2n) is 11.6. The predicted molar refractivity (Wildman–Crippen MR) is 159 cm³/mol. The molecule has 0 radical (unpaired) electrons. The van der Waals surface area contributed by atoms with Gasteiger partial charge in [0.05, 0.1) is 17.7 Å². The van der Waals surface area contributed by atoms with Gasteiger partial charge in [-0.3, -0.25) is 9.59 Å². The zero-order chi connectivity index (χ0) is 30.8. The van der Waals surface area contributed by atoms with E-state index in [9.17, 15) is 22.8 Å². The van der Waals surface area contributed by atoms with E-state index in [4.69, 9.17) is 5.26 Å². The fourth-order valence-electron chi connectivity index (χ4n) is 5.97. The summed E-state index contributed by atoms with van der Waals surface area (Å²) >= 11 is 0. The van der Waals surface area contributed by atoms with Crippen molar-refractivity contribution in [3.63, 3.8) is 0 Å². The van der Waals surface area contributed by atoms with Gasteiger partial charge in [0.1, 0.15) is 11.6 Å². The summed E-state index contributed by atoms with van der Waals surface area (Å²) in [6.45, 7) is 4.33. The quantitative estimate of drug-likeness (QED) is 0.309. The van der Waals surface area contributed by atoms with E-state index < -0.39 is 18.0 Å². The molecule has 4 rings (SSSR count). The Labute approximate surface area is 251 Å². The average molecular weight is 599 g/mol. The first-order valence-corrected chi connectivity index (χ1v) is 15.4. The number of Topliss-reactive ketones (excluding diaryl/α,β-unsaturated/α-hetero) is 1. The number of aromatic nitrogens is 2. The molecule has 2 aromatic rings. The second kappa shape index (κ2) is 15.2. The van der Waals surface area contributed by atoms with Gasteiger partial charge in [0, 0.05) is 45.1 Å². The maximum absolute atomic E-state index is 13.9. The van der Waals surface area contributed by atoms with Crippen LogP contribution in [0, 0.1) is 17.2 Å². The third kappa shape index (κ3) is 9.15. The minimum absolute atomic E-state index is 0.00376. The van der Waals surface area contributed by atoms with Crippen molar-refractivity contribution in [2.45, 2.75) is 89.8 Å². The zero-order valence-electron chi connectivity index (χ0n) is 24.8. The van der Waals surface area contributed by atoms with Crippen LogP contribution < -0.4 is 15.1 Å². The van der Waals surface area contributed by atoms with Gasteiger partial charge in [-0.15, -0.1) is 0 Å². The number of nitriles is 1. The van der Waals surface area contributed by atoms with E-state index in [1.165, 1.54) is 0 Å². The number of nitrogens with one attached hydrogen (secondary N) is 1. The Morgan fingerprint density at radius 2 is 1.74 bits per heavy atom. The smallest absolute Gasteiger partial charge is 0.356 e. The Balaban J connectivity index is 1.37. The summed E-state index contributed by atoms with van der Waals surface area (Å²) in [7, 11) is 0. The molecule has 43 heavy (non-hydrogen) atoms. The molecule has 232 valence electrons. The second-order valence-corrected chi connectivity index (χ2v) is 11.6. The molecule has 1 aromatic heterocycles. The number of anilines is 2. The maximum atomic E-state index is 13.9. The highest BCUT2D eigenvalue weighted by molar-refractivity contribution is 5.87. The Morgan fingerprint density at radius 1 is 1.02 bits per heavy atom. The zero-order valence-corrected chi connectivity index (χ0v) is 24.8. The largest absolute Gasteiger partial charge is 0.451 e. The summed E-state index contributed by atoms with van der Waals surface area (Å²) in [5, 5.41) is 11.8. The minimum Gasteiger partial charge on any atom is -0.356 e. The highest BCUT2D eigenvalue weighted by Crippen LogP contribution is 2.34. The van der Waals surface area contributed by atoms with E-state index in [-0.39, 0.29) is 23.3 Å². The molecule has 0 spiro atoms. The summed E-state index contributed by atoms with van der Waals surface area (Å²) in [6.07, 6.45) is 2.96. The molecule has 1 amide bonds. The number of hydrogen-bond donors (Lipinski definition) is 1. The molecule has 0 unspecified atom stereocenters. The van der Waals surface area contributed by atoms with Crippen LogP contribution in [-0.4, -0.2) is 53.9 Å². The highest BCUT2D eigenvalue weighted by Gasteiger charge is 2.38. The van der Waals surface area contributed by atoms with Gasteiger partial charge in [-0.1, -0.05) is 19.1 Å². The number of rotatable bonds is 13. The van der Waals surface area contributed by atoms with Gasteiger partial charge in [-0.25, -0.2) is 9.97 Å². The number of amides is 1. The average Bonchev–Trinajstić information content (AvgIpc) is 3.50. The molecule has 2 aliphatic rings. The van der Waals surface area contributed by atoms with Gasteiger partial charge in [-0.2, -0.15) is 18.4 Å². The molecule has 2 aliphatic heterocycles. The van der Waals surface area contributed by atoms with E-state index in [1.807, 2.05) is 24.0 Å². The normalized spacial score (nSPS) is 17.6. The highest BCUT2D eigenvalue weighted by atomic mass is 19.4. The maximum Gasteiger partial charge on any atom is 0.451 e. The van der Waals surface area contributed by atoms with Crippen molar-refractivity contribution in [3.8, 4) is 6.07 Å². The van der Waals surface area contributed by atoms with Crippen molar-refractivity contribution in [1.29, 1.82) is 5.26 Å². The number of ketones is 1. The molecular weight excluding hydrogens is 557 g/mol. The molecule has 0 aliphatic carbocycles. The summed E-state index contributed by atoms with van der Waals surface area (Å²) in [4.78, 5) is 36.5. The van der Waals surface area contributed by atoms with Crippen LogP contribution in [-0.2, 0) is 22.2 Å². The summed E-state index contributed by atoms with van der Waals surface area (Å²) < 4.78 is 41.7. The fourth-order valence-corrected chi connectivity index (χ4v) is 5.97. The molecule has 11 heteroatoms. The topological polar surface area (TPSA) is 102 Å². The molecule has 1 atom stereocenters. The van der Waals surface area contributed by atoms with Gasteiger partial charge in [0.15, 0.2) is 5.78 Å². The number of carbonyl (C=O) groups excluding carboxylic acids is 2. The van der Waals surface area contributed by atoms with E-state index in [0.29, 0.717) is 76.2 Å². The Hall–Kier alpha value is -3.68. The molecule has 0 bridgehead atoms. The number of hydrogen-bond acceptors (Lipinski definition) is 7. The minimum atomic E-state index is -4.71. The molecule has 8 nitrogen and oxygen atoms in total. The number of alkyl halides is 3. The first-order valence-electron chi connectivity index (χ1n) is 15.4. The standard InChI is InChI=1S/C32H41F3N6O2/c1-2-17-37-30(43)10-4-7-24-15-19-40(20-16-24)28-21-29(39-31(38-28)32(33,34)35)41-18-5-8-26(41)27(42)9-3-6-23-11-13-25(22-36)14-12-23/h11-14,21,24,26H,2-10,15-20H2,1H3,(H,37,43)/t26-/m0/s1. The van der Waals surface area contributed by atoms with Gasteiger partial charge >= 0.3 is 6.18 Å². The number of benzene rings is 1. The van der Waals surface area contributed by atoms with Crippen molar-refractivity contribution in [3.05, 3.63) is 47.3 Å². The Bertz CT molecular complexity index is 1270. The van der Waals surface area contributed by atoms with Crippen LogP contribution in [0.2, 0.25) is 0 Å². The summed E-state index contributed by atoms with van der Waals surface area (Å²) in [5.74, 6) is -0.293. The van der Waals surface area contributed by atoms with Gasteiger partial charge < -0.3 is 15.1 Å². The fraction of sp³-hybridized carbons (Fsp3) is 0.594. The molecule has 1 N–H and O–H groups in total. The number of halogens is 3. The van der Waals surface area contributed by atoms with Gasteiger partial charge in [-0.05, 0) is 81.4 Å².